The molecule has 0 aliphatic rings. The summed E-state index contributed by atoms with van der Waals surface area (Å²) in [6.45, 7) is -0.432. The molecular formula is C16H16ClFN2O3S. The van der Waals surface area contributed by atoms with Crippen LogP contribution in [-0.4, -0.2) is 27.1 Å². The Balaban J connectivity index is 2.08. The molecule has 2 aromatic carbocycles. The average molecular weight is 371 g/mol. The van der Waals surface area contributed by atoms with Gasteiger partial charge in [-0.15, -0.1) is 0 Å². The summed E-state index contributed by atoms with van der Waals surface area (Å²) < 4.78 is 38.4. The number of hydrogen-bond donors (Lipinski definition) is 1. The number of carbonyl (C=O) groups is 1. The molecule has 0 bridgehead atoms. The number of benzene rings is 2. The van der Waals surface area contributed by atoms with Gasteiger partial charge in [-0.1, -0.05) is 29.8 Å². The van der Waals surface area contributed by atoms with E-state index in [1.165, 1.54) is 30.3 Å². The van der Waals surface area contributed by atoms with Gasteiger partial charge in [-0.25, -0.2) is 12.8 Å². The molecule has 2 aromatic rings. The lowest BCUT2D eigenvalue weighted by Crippen LogP contribution is -2.40. The summed E-state index contributed by atoms with van der Waals surface area (Å²) in [4.78, 5) is 12.1. The van der Waals surface area contributed by atoms with E-state index >= 15 is 0 Å². The first-order valence-corrected chi connectivity index (χ1v) is 9.23. The first-order chi connectivity index (χ1) is 11.3. The first kappa shape index (κ1) is 18.2. The number of sulfonamides is 1. The standard InChI is InChI=1S/C16H16ClFN2O3S/c1-24(22,23)20(14-8-6-13(17)7-9-14)11-16(21)19-10-12-4-2-3-5-15(12)18/h2-9H,10-11H2,1H3,(H,19,21). The normalized spacial score (nSPS) is 11.1. The van der Waals surface area contributed by atoms with E-state index in [0.717, 1.165) is 10.6 Å². The van der Waals surface area contributed by atoms with Crippen molar-refractivity contribution in [3.05, 3.63) is 64.9 Å². The fourth-order valence-electron chi connectivity index (χ4n) is 2.03. The average Bonchev–Trinajstić information content (AvgIpc) is 2.52. The highest BCUT2D eigenvalue weighted by atomic mass is 35.5. The minimum absolute atomic E-state index is 0.0241. The molecule has 8 heteroatoms. The Hall–Kier alpha value is -2.12. The topological polar surface area (TPSA) is 66.5 Å². The van der Waals surface area contributed by atoms with Crippen LogP contribution >= 0.6 is 11.6 Å². The van der Waals surface area contributed by atoms with Gasteiger partial charge in [-0.3, -0.25) is 9.10 Å². The van der Waals surface area contributed by atoms with Crippen molar-refractivity contribution in [1.82, 2.24) is 5.32 Å². The third-order valence-corrected chi connectivity index (χ3v) is 4.63. The maximum absolute atomic E-state index is 13.5. The Labute approximate surface area is 145 Å². The summed E-state index contributed by atoms with van der Waals surface area (Å²) in [6, 6.07) is 12.1. The molecule has 0 saturated carbocycles. The largest absolute Gasteiger partial charge is 0.350 e. The van der Waals surface area contributed by atoms with Crippen LogP contribution in [0.4, 0.5) is 10.1 Å². The van der Waals surface area contributed by atoms with Crippen LogP contribution in [0.5, 0.6) is 0 Å². The lowest BCUT2D eigenvalue weighted by molar-refractivity contribution is -0.119. The van der Waals surface area contributed by atoms with Gasteiger partial charge < -0.3 is 5.32 Å². The number of amides is 1. The second-order valence-corrected chi connectivity index (χ2v) is 7.46. The zero-order valence-electron chi connectivity index (χ0n) is 12.9. The van der Waals surface area contributed by atoms with Crippen LogP contribution in [-0.2, 0) is 21.4 Å². The molecule has 0 radical (unpaired) electrons. The molecular weight excluding hydrogens is 355 g/mol. The summed E-state index contributed by atoms with van der Waals surface area (Å²) >= 11 is 5.79. The molecule has 0 heterocycles. The fraction of sp³-hybridized carbons (Fsp3) is 0.188. The highest BCUT2D eigenvalue weighted by Gasteiger charge is 2.20. The van der Waals surface area contributed by atoms with Gasteiger partial charge in [0.2, 0.25) is 15.9 Å². The summed E-state index contributed by atoms with van der Waals surface area (Å²) in [5.41, 5.74) is 0.645. The van der Waals surface area contributed by atoms with Gasteiger partial charge in [0.25, 0.3) is 0 Å². The van der Waals surface area contributed by atoms with Crippen molar-refractivity contribution in [2.24, 2.45) is 0 Å². The van der Waals surface area contributed by atoms with E-state index in [0.29, 0.717) is 16.3 Å². The van der Waals surface area contributed by atoms with Gasteiger partial charge in [-0.05, 0) is 30.3 Å². The second-order valence-electron chi connectivity index (χ2n) is 5.11. The van der Waals surface area contributed by atoms with Crippen molar-refractivity contribution >= 4 is 33.2 Å². The SMILES string of the molecule is CS(=O)(=O)N(CC(=O)NCc1ccccc1F)c1ccc(Cl)cc1. The molecule has 0 unspecified atom stereocenters. The quantitative estimate of drug-likeness (QED) is 0.849. The Morgan fingerprint density at radius 3 is 2.38 bits per heavy atom. The molecule has 0 aliphatic carbocycles. The predicted octanol–water partition coefficient (Wildman–Crippen LogP) is 2.56. The molecule has 0 aromatic heterocycles. The molecule has 2 rings (SSSR count). The maximum atomic E-state index is 13.5. The number of rotatable bonds is 6. The third-order valence-electron chi connectivity index (χ3n) is 3.24. The lowest BCUT2D eigenvalue weighted by Gasteiger charge is -2.22. The van der Waals surface area contributed by atoms with Crippen LogP contribution in [0.15, 0.2) is 48.5 Å². The van der Waals surface area contributed by atoms with E-state index < -0.39 is 28.3 Å². The van der Waals surface area contributed by atoms with E-state index in [-0.39, 0.29) is 6.54 Å². The number of carbonyl (C=O) groups excluding carboxylic acids is 1. The Kier molecular flexibility index (Phi) is 5.80. The van der Waals surface area contributed by atoms with Crippen molar-refractivity contribution in [1.29, 1.82) is 0 Å². The van der Waals surface area contributed by atoms with Gasteiger partial charge in [0.1, 0.15) is 12.4 Å². The molecule has 0 fully saturated rings. The molecule has 0 atom stereocenters. The van der Waals surface area contributed by atoms with E-state index in [4.69, 9.17) is 11.6 Å². The van der Waals surface area contributed by atoms with Gasteiger partial charge in [0.15, 0.2) is 0 Å². The van der Waals surface area contributed by atoms with Crippen LogP contribution in [0.2, 0.25) is 5.02 Å². The fourth-order valence-corrected chi connectivity index (χ4v) is 3.01. The summed E-state index contributed by atoms with van der Waals surface area (Å²) in [5.74, 6) is -0.978. The van der Waals surface area contributed by atoms with Crippen molar-refractivity contribution in [3.63, 3.8) is 0 Å². The molecule has 128 valence electrons. The Morgan fingerprint density at radius 1 is 1.17 bits per heavy atom. The number of nitrogens with zero attached hydrogens (tertiary/aromatic N) is 1. The van der Waals surface area contributed by atoms with E-state index in [2.05, 4.69) is 5.32 Å². The van der Waals surface area contributed by atoms with Crippen molar-refractivity contribution in [2.45, 2.75) is 6.54 Å². The van der Waals surface area contributed by atoms with Crippen LogP contribution in [0, 0.1) is 5.82 Å². The molecule has 0 spiro atoms. The lowest BCUT2D eigenvalue weighted by atomic mass is 10.2. The van der Waals surface area contributed by atoms with Gasteiger partial charge in [-0.2, -0.15) is 0 Å². The van der Waals surface area contributed by atoms with Gasteiger partial charge >= 0.3 is 0 Å². The number of halogens is 2. The van der Waals surface area contributed by atoms with Crippen LogP contribution < -0.4 is 9.62 Å². The van der Waals surface area contributed by atoms with Crippen LogP contribution in [0.25, 0.3) is 0 Å². The smallest absolute Gasteiger partial charge is 0.241 e. The van der Waals surface area contributed by atoms with E-state index in [1.54, 1.807) is 18.2 Å². The first-order valence-electron chi connectivity index (χ1n) is 7.01. The van der Waals surface area contributed by atoms with Crippen molar-refractivity contribution < 1.29 is 17.6 Å². The number of hydrogen-bond acceptors (Lipinski definition) is 3. The van der Waals surface area contributed by atoms with Crippen LogP contribution in [0.3, 0.4) is 0 Å². The van der Waals surface area contributed by atoms with Crippen LogP contribution in [0.1, 0.15) is 5.56 Å². The Bertz CT molecular complexity index is 825. The maximum Gasteiger partial charge on any atom is 0.241 e. The molecule has 0 aliphatic heterocycles. The highest BCUT2D eigenvalue weighted by molar-refractivity contribution is 7.92. The second kappa shape index (κ2) is 7.63. The third kappa shape index (κ3) is 4.94. The molecule has 24 heavy (non-hydrogen) atoms. The zero-order valence-corrected chi connectivity index (χ0v) is 14.4. The summed E-state index contributed by atoms with van der Waals surface area (Å²) in [6.07, 6.45) is 1.01. The van der Waals surface area contributed by atoms with E-state index in [9.17, 15) is 17.6 Å². The molecule has 1 amide bonds. The van der Waals surface area contributed by atoms with Gasteiger partial charge in [0.05, 0.1) is 11.9 Å². The monoisotopic (exact) mass is 370 g/mol. The minimum atomic E-state index is -3.66. The number of nitrogens with one attached hydrogen (secondary N) is 1. The van der Waals surface area contributed by atoms with Crippen molar-refractivity contribution in [3.8, 4) is 0 Å². The Morgan fingerprint density at radius 2 is 1.79 bits per heavy atom. The van der Waals surface area contributed by atoms with E-state index in [1.807, 2.05) is 0 Å². The molecule has 1 N–H and O–H groups in total. The highest BCUT2D eigenvalue weighted by Crippen LogP contribution is 2.20. The summed E-state index contributed by atoms with van der Waals surface area (Å²) in [7, 11) is -3.66. The minimum Gasteiger partial charge on any atom is -0.350 e. The zero-order chi connectivity index (χ0) is 17.7. The summed E-state index contributed by atoms with van der Waals surface area (Å²) in [5, 5.41) is 2.97. The molecule has 5 nitrogen and oxygen atoms in total. The molecule has 0 saturated heterocycles. The predicted molar refractivity (Wildman–Crippen MR) is 91.9 cm³/mol. The van der Waals surface area contributed by atoms with Gasteiger partial charge in [0, 0.05) is 17.1 Å². The number of anilines is 1. The van der Waals surface area contributed by atoms with Crippen molar-refractivity contribution in [2.75, 3.05) is 17.1 Å².